The molecule has 6 nitrogen and oxygen atoms in total. The molecular weight excluding hydrogens is 243 g/mol. The Labute approximate surface area is 104 Å². The molecule has 2 N–H and O–H groups in total. The summed E-state index contributed by atoms with van der Waals surface area (Å²) in [6.07, 6.45) is 0. The second kappa shape index (κ2) is 7.00. The van der Waals surface area contributed by atoms with Crippen molar-refractivity contribution < 1.29 is 19.2 Å². The van der Waals surface area contributed by atoms with Crippen LogP contribution < -0.4 is 5.32 Å². The number of aliphatic hydroxyl groups is 1. The lowest BCUT2D eigenvalue weighted by Gasteiger charge is -2.15. The van der Waals surface area contributed by atoms with Crippen LogP contribution in [0.25, 0.3) is 0 Å². The monoisotopic (exact) mass is 258 g/mol. The molecule has 0 fully saturated rings. The lowest BCUT2D eigenvalue weighted by molar-refractivity contribution is -0.385. The maximum atomic E-state index is 13.1. The smallest absolute Gasteiger partial charge is 0.272 e. The number of nitro benzene ring substituents is 1. The van der Waals surface area contributed by atoms with Crippen molar-refractivity contribution in [3.05, 3.63) is 39.7 Å². The highest BCUT2D eigenvalue weighted by Crippen LogP contribution is 2.16. The lowest BCUT2D eigenvalue weighted by atomic mass is 10.2. The van der Waals surface area contributed by atoms with Gasteiger partial charge in [0.2, 0.25) is 0 Å². The number of ether oxygens (including phenoxy) is 1. The Hall–Kier alpha value is -1.57. The molecule has 7 heteroatoms. The molecule has 1 aromatic rings. The number of aliphatic hydroxyl groups excluding tert-OH is 1. The molecule has 0 aliphatic carbocycles. The van der Waals surface area contributed by atoms with Crippen LogP contribution in [-0.4, -0.2) is 36.4 Å². The third kappa shape index (κ3) is 4.36. The fraction of sp³-hybridized carbons (Fsp3) is 0.455. The van der Waals surface area contributed by atoms with E-state index in [9.17, 15) is 14.5 Å². The Morgan fingerprint density at radius 2 is 2.28 bits per heavy atom. The van der Waals surface area contributed by atoms with Gasteiger partial charge in [0.15, 0.2) is 0 Å². The van der Waals surface area contributed by atoms with Crippen LogP contribution in [0.5, 0.6) is 0 Å². The standard InChI is InChI=1S/C11H15FN2O4/c1-18-7-10(6-15)13-5-8-2-9(12)4-11(3-8)14(16)17/h2-4,10,13,15H,5-7H2,1H3. The van der Waals surface area contributed by atoms with Crippen LogP contribution in [0.3, 0.4) is 0 Å². The minimum atomic E-state index is -0.659. The normalized spacial score (nSPS) is 12.4. The van der Waals surface area contributed by atoms with E-state index in [1.165, 1.54) is 19.2 Å². The van der Waals surface area contributed by atoms with Crippen LogP contribution >= 0.6 is 0 Å². The number of nitrogens with zero attached hydrogens (tertiary/aromatic N) is 1. The summed E-state index contributed by atoms with van der Waals surface area (Å²) in [6, 6.07) is 3.07. The van der Waals surface area contributed by atoms with Crippen molar-refractivity contribution in [1.29, 1.82) is 0 Å². The fourth-order valence-corrected chi connectivity index (χ4v) is 1.48. The first kappa shape index (κ1) is 14.5. The number of non-ortho nitro benzene ring substituents is 1. The van der Waals surface area contributed by atoms with Gasteiger partial charge in [-0.15, -0.1) is 0 Å². The van der Waals surface area contributed by atoms with Crippen molar-refractivity contribution in [2.24, 2.45) is 0 Å². The zero-order valence-corrected chi connectivity index (χ0v) is 9.93. The van der Waals surface area contributed by atoms with E-state index >= 15 is 0 Å². The Bertz CT molecular complexity index is 414. The zero-order valence-electron chi connectivity index (χ0n) is 9.93. The maximum absolute atomic E-state index is 13.1. The van der Waals surface area contributed by atoms with Crippen molar-refractivity contribution in [1.82, 2.24) is 5.32 Å². The number of hydrogen-bond acceptors (Lipinski definition) is 5. The summed E-state index contributed by atoms with van der Waals surface area (Å²) >= 11 is 0. The first-order valence-electron chi connectivity index (χ1n) is 5.34. The first-order valence-corrected chi connectivity index (χ1v) is 5.34. The van der Waals surface area contributed by atoms with Crippen LogP contribution in [0.15, 0.2) is 18.2 Å². The van der Waals surface area contributed by atoms with Crippen LogP contribution in [0, 0.1) is 15.9 Å². The Balaban J connectivity index is 2.69. The van der Waals surface area contributed by atoms with E-state index in [2.05, 4.69) is 5.32 Å². The molecule has 100 valence electrons. The van der Waals surface area contributed by atoms with Gasteiger partial charge in [0.25, 0.3) is 5.69 Å². The molecule has 1 aromatic carbocycles. The van der Waals surface area contributed by atoms with Gasteiger partial charge in [-0.3, -0.25) is 10.1 Å². The predicted molar refractivity (Wildman–Crippen MR) is 62.6 cm³/mol. The lowest BCUT2D eigenvalue weighted by Crippen LogP contribution is -2.35. The average molecular weight is 258 g/mol. The summed E-state index contributed by atoms with van der Waals surface area (Å²) in [5.41, 5.74) is 0.148. The van der Waals surface area contributed by atoms with Gasteiger partial charge in [-0.2, -0.15) is 0 Å². The first-order chi connectivity index (χ1) is 8.56. The second-order valence-corrected chi connectivity index (χ2v) is 3.79. The van der Waals surface area contributed by atoms with Gasteiger partial charge in [0.1, 0.15) is 5.82 Å². The van der Waals surface area contributed by atoms with Crippen LogP contribution in [-0.2, 0) is 11.3 Å². The maximum Gasteiger partial charge on any atom is 0.272 e. The van der Waals surface area contributed by atoms with Gasteiger partial charge in [-0.05, 0) is 11.6 Å². The van der Waals surface area contributed by atoms with Gasteiger partial charge in [0.05, 0.1) is 30.2 Å². The minimum absolute atomic E-state index is 0.134. The summed E-state index contributed by atoms with van der Waals surface area (Å²) in [7, 11) is 1.50. The van der Waals surface area contributed by atoms with Crippen LogP contribution in [0.2, 0.25) is 0 Å². The number of nitro groups is 1. The molecule has 0 aliphatic rings. The van der Waals surface area contributed by atoms with Gasteiger partial charge >= 0.3 is 0 Å². The quantitative estimate of drug-likeness (QED) is 0.559. The molecule has 1 rings (SSSR count). The summed E-state index contributed by atoms with van der Waals surface area (Å²) in [4.78, 5) is 9.91. The van der Waals surface area contributed by atoms with E-state index in [1.54, 1.807) is 0 Å². The molecule has 0 aromatic heterocycles. The number of hydrogen-bond donors (Lipinski definition) is 2. The van der Waals surface area contributed by atoms with E-state index in [1.807, 2.05) is 0 Å². The summed E-state index contributed by atoms with van der Waals surface area (Å²) in [5, 5.41) is 22.5. The SMILES string of the molecule is COCC(CO)NCc1cc(F)cc([N+](=O)[O-])c1. The van der Waals surface area contributed by atoms with E-state index in [0.29, 0.717) is 12.2 Å². The molecular formula is C11H15FN2O4. The van der Waals surface area contributed by atoms with Crippen molar-refractivity contribution in [3.63, 3.8) is 0 Å². The van der Waals surface area contributed by atoms with Crippen molar-refractivity contribution in [2.45, 2.75) is 12.6 Å². The van der Waals surface area contributed by atoms with E-state index in [-0.39, 0.29) is 24.9 Å². The molecule has 18 heavy (non-hydrogen) atoms. The molecule has 0 aliphatic heterocycles. The number of benzene rings is 1. The molecule has 0 heterocycles. The number of rotatable bonds is 7. The zero-order chi connectivity index (χ0) is 13.5. The third-order valence-electron chi connectivity index (χ3n) is 2.34. The Kier molecular flexibility index (Phi) is 5.63. The molecule has 0 amide bonds. The highest BCUT2D eigenvalue weighted by Gasteiger charge is 2.11. The van der Waals surface area contributed by atoms with Crippen LogP contribution in [0.4, 0.5) is 10.1 Å². The van der Waals surface area contributed by atoms with Crippen molar-refractivity contribution >= 4 is 5.69 Å². The summed E-state index contributed by atoms with van der Waals surface area (Å²) in [6.45, 7) is 0.381. The van der Waals surface area contributed by atoms with Gasteiger partial charge in [-0.25, -0.2) is 4.39 Å². The Morgan fingerprint density at radius 1 is 1.56 bits per heavy atom. The van der Waals surface area contributed by atoms with Crippen molar-refractivity contribution in [2.75, 3.05) is 20.3 Å². The molecule has 0 spiro atoms. The van der Waals surface area contributed by atoms with E-state index in [0.717, 1.165) is 6.07 Å². The fourth-order valence-electron chi connectivity index (χ4n) is 1.48. The van der Waals surface area contributed by atoms with Crippen LogP contribution in [0.1, 0.15) is 5.56 Å². The molecule has 0 radical (unpaired) electrons. The summed E-state index contributed by atoms with van der Waals surface area (Å²) < 4.78 is 18.0. The molecule has 0 saturated heterocycles. The predicted octanol–water partition coefficient (Wildman–Crippen LogP) is 0.831. The molecule has 1 atom stereocenters. The van der Waals surface area contributed by atoms with Gasteiger partial charge < -0.3 is 15.2 Å². The summed E-state index contributed by atoms with van der Waals surface area (Å²) in [5.74, 6) is -0.659. The molecule has 0 bridgehead atoms. The van der Waals surface area contributed by atoms with E-state index in [4.69, 9.17) is 9.84 Å². The van der Waals surface area contributed by atoms with Gasteiger partial charge in [-0.1, -0.05) is 0 Å². The number of halogens is 1. The number of methoxy groups -OCH3 is 1. The topological polar surface area (TPSA) is 84.6 Å². The minimum Gasteiger partial charge on any atom is -0.395 e. The third-order valence-corrected chi connectivity index (χ3v) is 2.34. The van der Waals surface area contributed by atoms with E-state index < -0.39 is 10.7 Å². The number of nitrogens with one attached hydrogen (secondary N) is 1. The largest absolute Gasteiger partial charge is 0.395 e. The highest BCUT2D eigenvalue weighted by molar-refractivity contribution is 5.35. The highest BCUT2D eigenvalue weighted by atomic mass is 19.1. The van der Waals surface area contributed by atoms with Gasteiger partial charge in [0, 0.05) is 19.7 Å². The second-order valence-electron chi connectivity index (χ2n) is 3.79. The molecule has 1 unspecified atom stereocenters. The average Bonchev–Trinajstić information content (AvgIpc) is 2.33. The Morgan fingerprint density at radius 3 is 2.83 bits per heavy atom. The van der Waals surface area contributed by atoms with Crippen molar-refractivity contribution in [3.8, 4) is 0 Å². The molecule has 0 saturated carbocycles.